The number of rotatable bonds is 3. The van der Waals surface area contributed by atoms with Gasteiger partial charge in [-0.25, -0.2) is 0 Å². The minimum atomic E-state index is 0.151. The van der Waals surface area contributed by atoms with Crippen molar-refractivity contribution in [3.8, 4) is 5.75 Å². The highest BCUT2D eigenvalue weighted by atomic mass is 16.5. The minimum Gasteiger partial charge on any atom is -0.495 e. The van der Waals surface area contributed by atoms with Crippen molar-refractivity contribution < 1.29 is 4.74 Å². The highest BCUT2D eigenvalue weighted by Crippen LogP contribution is 2.39. The molecule has 0 radical (unpaired) electrons. The van der Waals surface area contributed by atoms with E-state index in [4.69, 9.17) is 10.5 Å². The molecule has 1 saturated carbocycles. The van der Waals surface area contributed by atoms with Crippen LogP contribution in [0.5, 0.6) is 5.75 Å². The quantitative estimate of drug-likeness (QED) is 0.916. The van der Waals surface area contributed by atoms with Gasteiger partial charge in [0.25, 0.3) is 0 Å². The summed E-state index contributed by atoms with van der Waals surface area (Å²) in [7, 11) is 3.79. The Kier molecular flexibility index (Phi) is 3.23. The standard InChI is InChI=1S/C16H22N2O/c1-18-10-13(15(17)11-6-3-4-7-11)12-8-5-9-14(19-2)16(12)18/h5,8-11,15H,3-4,6-7,17H2,1-2H3. The molecule has 1 aromatic carbocycles. The van der Waals surface area contributed by atoms with E-state index in [1.807, 2.05) is 12.1 Å². The monoisotopic (exact) mass is 258 g/mol. The molecule has 19 heavy (non-hydrogen) atoms. The topological polar surface area (TPSA) is 40.2 Å². The summed E-state index contributed by atoms with van der Waals surface area (Å²) >= 11 is 0. The third kappa shape index (κ3) is 2.02. The Labute approximate surface area is 114 Å². The van der Waals surface area contributed by atoms with Crippen molar-refractivity contribution in [1.29, 1.82) is 0 Å². The molecule has 0 spiro atoms. The highest BCUT2D eigenvalue weighted by molar-refractivity contribution is 5.89. The van der Waals surface area contributed by atoms with E-state index in [2.05, 4.69) is 23.9 Å². The van der Waals surface area contributed by atoms with E-state index in [-0.39, 0.29) is 6.04 Å². The largest absolute Gasteiger partial charge is 0.495 e. The van der Waals surface area contributed by atoms with Gasteiger partial charge in [-0.2, -0.15) is 0 Å². The third-order valence-electron chi connectivity index (χ3n) is 4.48. The number of fused-ring (bicyclic) bond motifs is 1. The van der Waals surface area contributed by atoms with Crippen LogP contribution in [-0.4, -0.2) is 11.7 Å². The number of benzene rings is 1. The smallest absolute Gasteiger partial charge is 0.143 e. The zero-order chi connectivity index (χ0) is 13.4. The normalized spacial score (nSPS) is 18.1. The second-order valence-electron chi connectivity index (χ2n) is 5.62. The lowest BCUT2D eigenvalue weighted by Gasteiger charge is -2.18. The molecule has 1 atom stereocenters. The summed E-state index contributed by atoms with van der Waals surface area (Å²) in [6, 6.07) is 6.36. The number of nitrogens with zero attached hydrogens (tertiary/aromatic N) is 1. The van der Waals surface area contributed by atoms with Gasteiger partial charge in [-0.05, 0) is 30.4 Å². The van der Waals surface area contributed by atoms with Crippen molar-refractivity contribution >= 4 is 10.9 Å². The Bertz CT molecular complexity index is 582. The van der Waals surface area contributed by atoms with Gasteiger partial charge in [-0.3, -0.25) is 0 Å². The van der Waals surface area contributed by atoms with Gasteiger partial charge in [-0.15, -0.1) is 0 Å². The molecule has 3 nitrogen and oxygen atoms in total. The molecule has 1 fully saturated rings. The summed E-state index contributed by atoms with van der Waals surface area (Å²) in [6.07, 6.45) is 7.36. The molecule has 1 heterocycles. The molecule has 0 aliphatic heterocycles. The van der Waals surface area contributed by atoms with Crippen LogP contribution in [0.2, 0.25) is 0 Å². The maximum Gasteiger partial charge on any atom is 0.143 e. The number of aromatic nitrogens is 1. The molecule has 1 aliphatic rings. The number of nitrogens with two attached hydrogens (primary N) is 1. The van der Waals surface area contributed by atoms with Gasteiger partial charge in [0.15, 0.2) is 0 Å². The van der Waals surface area contributed by atoms with Gasteiger partial charge >= 0.3 is 0 Å². The molecule has 3 rings (SSSR count). The predicted octanol–water partition coefficient (Wildman–Crippen LogP) is 3.38. The van der Waals surface area contributed by atoms with Crippen LogP contribution in [0.15, 0.2) is 24.4 Å². The fraction of sp³-hybridized carbons (Fsp3) is 0.500. The maximum atomic E-state index is 6.52. The molecule has 0 bridgehead atoms. The molecule has 2 N–H and O–H groups in total. The first-order chi connectivity index (χ1) is 9.22. The second kappa shape index (κ2) is 4.89. The molecule has 1 aromatic heterocycles. The van der Waals surface area contributed by atoms with Crippen molar-refractivity contribution in [1.82, 2.24) is 4.57 Å². The number of aryl methyl sites for hydroxylation is 1. The Morgan fingerprint density at radius 3 is 2.74 bits per heavy atom. The lowest BCUT2D eigenvalue weighted by atomic mass is 9.92. The van der Waals surface area contributed by atoms with Crippen LogP contribution in [-0.2, 0) is 7.05 Å². The predicted molar refractivity (Wildman–Crippen MR) is 78.4 cm³/mol. The summed E-state index contributed by atoms with van der Waals surface area (Å²) in [5.74, 6) is 1.56. The van der Waals surface area contributed by atoms with E-state index in [9.17, 15) is 0 Å². The first-order valence-corrected chi connectivity index (χ1v) is 7.10. The number of para-hydroxylation sites is 1. The first kappa shape index (κ1) is 12.5. The van der Waals surface area contributed by atoms with E-state index in [0.717, 1.165) is 11.3 Å². The highest BCUT2D eigenvalue weighted by Gasteiger charge is 2.26. The molecule has 0 saturated heterocycles. The van der Waals surface area contributed by atoms with Crippen LogP contribution in [0.3, 0.4) is 0 Å². The average molecular weight is 258 g/mol. The summed E-state index contributed by atoms with van der Waals surface area (Å²) in [5, 5.41) is 1.24. The fourth-order valence-corrected chi connectivity index (χ4v) is 3.46. The van der Waals surface area contributed by atoms with E-state index in [1.54, 1.807) is 7.11 Å². The van der Waals surface area contributed by atoms with Crippen LogP contribution >= 0.6 is 0 Å². The van der Waals surface area contributed by atoms with Crippen LogP contribution in [0.25, 0.3) is 10.9 Å². The summed E-state index contributed by atoms with van der Waals surface area (Å²) in [5.41, 5.74) is 8.93. The molecular formula is C16H22N2O. The van der Waals surface area contributed by atoms with Crippen LogP contribution < -0.4 is 10.5 Å². The second-order valence-corrected chi connectivity index (χ2v) is 5.62. The molecule has 3 heteroatoms. The van der Waals surface area contributed by atoms with Gasteiger partial charge in [0, 0.05) is 24.7 Å². The van der Waals surface area contributed by atoms with Gasteiger partial charge in [-0.1, -0.05) is 25.0 Å². The molecule has 0 amide bonds. The summed E-state index contributed by atoms with van der Waals surface area (Å²) in [4.78, 5) is 0. The number of hydrogen-bond acceptors (Lipinski definition) is 2. The third-order valence-corrected chi connectivity index (χ3v) is 4.48. The van der Waals surface area contributed by atoms with E-state index in [1.165, 1.54) is 36.6 Å². The van der Waals surface area contributed by atoms with Crippen LogP contribution in [0.4, 0.5) is 0 Å². The van der Waals surface area contributed by atoms with E-state index in [0.29, 0.717) is 5.92 Å². The first-order valence-electron chi connectivity index (χ1n) is 7.10. The fourth-order valence-electron chi connectivity index (χ4n) is 3.46. The van der Waals surface area contributed by atoms with E-state index < -0.39 is 0 Å². The average Bonchev–Trinajstić information content (AvgIpc) is 3.06. The molecule has 2 aromatic rings. The van der Waals surface area contributed by atoms with Crippen molar-refractivity contribution in [3.05, 3.63) is 30.0 Å². The van der Waals surface area contributed by atoms with Gasteiger partial charge < -0.3 is 15.0 Å². The Balaban J connectivity index is 2.09. The molecule has 1 aliphatic carbocycles. The molecular weight excluding hydrogens is 236 g/mol. The number of methoxy groups -OCH3 is 1. The number of hydrogen-bond donors (Lipinski definition) is 1. The van der Waals surface area contributed by atoms with Crippen molar-refractivity contribution in [2.75, 3.05) is 7.11 Å². The molecule has 102 valence electrons. The Morgan fingerprint density at radius 2 is 2.05 bits per heavy atom. The van der Waals surface area contributed by atoms with Gasteiger partial charge in [0.1, 0.15) is 5.75 Å². The van der Waals surface area contributed by atoms with Crippen molar-refractivity contribution in [2.24, 2.45) is 18.7 Å². The maximum absolute atomic E-state index is 6.52. The number of ether oxygens (including phenoxy) is 1. The van der Waals surface area contributed by atoms with Crippen molar-refractivity contribution in [3.63, 3.8) is 0 Å². The SMILES string of the molecule is COc1cccc2c(C(N)C3CCCC3)cn(C)c12. The van der Waals surface area contributed by atoms with E-state index >= 15 is 0 Å². The van der Waals surface area contributed by atoms with Gasteiger partial charge in [0.2, 0.25) is 0 Å². The minimum absolute atomic E-state index is 0.151. The zero-order valence-electron chi connectivity index (χ0n) is 11.7. The summed E-state index contributed by atoms with van der Waals surface area (Å²) < 4.78 is 7.60. The lowest BCUT2D eigenvalue weighted by molar-refractivity contribution is 0.418. The zero-order valence-corrected chi connectivity index (χ0v) is 11.7. The van der Waals surface area contributed by atoms with Gasteiger partial charge in [0.05, 0.1) is 12.6 Å². The Hall–Kier alpha value is -1.48. The van der Waals surface area contributed by atoms with Crippen LogP contribution in [0.1, 0.15) is 37.3 Å². The summed E-state index contributed by atoms with van der Waals surface area (Å²) in [6.45, 7) is 0. The van der Waals surface area contributed by atoms with Crippen molar-refractivity contribution in [2.45, 2.75) is 31.7 Å². The lowest BCUT2D eigenvalue weighted by Crippen LogP contribution is -2.18. The van der Waals surface area contributed by atoms with Crippen LogP contribution in [0, 0.1) is 5.92 Å². The molecule has 1 unspecified atom stereocenters. The Morgan fingerprint density at radius 1 is 1.32 bits per heavy atom.